The molecule has 1 heterocycles. The van der Waals surface area contributed by atoms with Gasteiger partial charge in [0.1, 0.15) is 5.75 Å². The molecule has 1 aliphatic heterocycles. The molecule has 1 aromatic carbocycles. The minimum atomic E-state index is -0.234. The molecule has 1 fully saturated rings. The third kappa shape index (κ3) is 4.51. The summed E-state index contributed by atoms with van der Waals surface area (Å²) in [7, 11) is 1.55. The number of carbonyl (C=O) groups is 2. The van der Waals surface area contributed by atoms with Crippen molar-refractivity contribution in [1.29, 1.82) is 0 Å². The summed E-state index contributed by atoms with van der Waals surface area (Å²) in [6.07, 6.45) is 1.22. The van der Waals surface area contributed by atoms with E-state index in [1.54, 1.807) is 37.1 Å². The van der Waals surface area contributed by atoms with E-state index < -0.39 is 0 Å². The zero-order valence-electron chi connectivity index (χ0n) is 13.3. The van der Waals surface area contributed by atoms with Gasteiger partial charge in [0.05, 0.1) is 30.3 Å². The fourth-order valence-corrected chi connectivity index (χ4v) is 2.66. The Morgan fingerprint density at radius 3 is 2.65 bits per heavy atom. The Labute approximate surface area is 140 Å². The van der Waals surface area contributed by atoms with Crippen molar-refractivity contribution >= 4 is 29.3 Å². The van der Waals surface area contributed by atoms with Crippen molar-refractivity contribution in [2.24, 2.45) is 5.92 Å². The number of halogens is 1. The Bertz CT molecular complexity index is 571. The second-order valence-corrected chi connectivity index (χ2v) is 5.70. The number of urea groups is 1. The number of amides is 2. The Morgan fingerprint density at radius 1 is 1.35 bits per heavy atom. The lowest BCUT2D eigenvalue weighted by atomic mass is 9.97. The second kappa shape index (κ2) is 8.06. The molecule has 0 aromatic heterocycles. The van der Waals surface area contributed by atoms with Crippen LogP contribution in [0.2, 0.25) is 5.02 Å². The standard InChI is InChI=1S/C16H21ClN2O4/c1-3-23-15(20)11-6-8-19(9-7-11)16(21)18-14-10-12(22-2)4-5-13(14)17/h4-5,10-11H,3,6-9H2,1-2H3,(H,18,21). The van der Waals surface area contributed by atoms with E-state index in [0.717, 1.165) is 0 Å². The summed E-state index contributed by atoms with van der Waals surface area (Å²) >= 11 is 6.09. The first kappa shape index (κ1) is 17.4. The molecule has 1 aliphatic rings. The summed E-state index contributed by atoms with van der Waals surface area (Å²) in [5.74, 6) is 0.313. The van der Waals surface area contributed by atoms with Crippen molar-refractivity contribution < 1.29 is 19.1 Å². The smallest absolute Gasteiger partial charge is 0.321 e. The van der Waals surface area contributed by atoms with Gasteiger partial charge in [-0.2, -0.15) is 0 Å². The number of esters is 1. The molecule has 6 nitrogen and oxygen atoms in total. The van der Waals surface area contributed by atoms with E-state index in [9.17, 15) is 9.59 Å². The van der Waals surface area contributed by atoms with Crippen LogP contribution in [0.3, 0.4) is 0 Å². The molecule has 1 aromatic rings. The summed E-state index contributed by atoms with van der Waals surface area (Å²) < 4.78 is 10.1. The lowest BCUT2D eigenvalue weighted by Gasteiger charge is -2.31. The van der Waals surface area contributed by atoms with Gasteiger partial charge in [0.25, 0.3) is 0 Å². The monoisotopic (exact) mass is 340 g/mol. The van der Waals surface area contributed by atoms with Crippen molar-refractivity contribution in [2.45, 2.75) is 19.8 Å². The number of methoxy groups -OCH3 is 1. The maximum atomic E-state index is 12.3. The van der Waals surface area contributed by atoms with Crippen LogP contribution in [0, 0.1) is 5.92 Å². The number of carbonyl (C=O) groups excluding carboxylic acids is 2. The molecule has 2 amide bonds. The third-order valence-corrected chi connectivity index (χ3v) is 4.15. The molecule has 23 heavy (non-hydrogen) atoms. The first-order chi connectivity index (χ1) is 11.0. The Morgan fingerprint density at radius 2 is 2.04 bits per heavy atom. The van der Waals surface area contributed by atoms with Gasteiger partial charge in [-0.3, -0.25) is 4.79 Å². The predicted molar refractivity (Wildman–Crippen MR) is 88.0 cm³/mol. The van der Waals surface area contributed by atoms with E-state index in [0.29, 0.717) is 49.0 Å². The summed E-state index contributed by atoms with van der Waals surface area (Å²) in [5.41, 5.74) is 0.503. The average Bonchev–Trinajstić information content (AvgIpc) is 2.57. The third-order valence-electron chi connectivity index (χ3n) is 3.82. The number of hydrogen-bond donors (Lipinski definition) is 1. The molecule has 0 spiro atoms. The van der Waals surface area contributed by atoms with Crippen LogP contribution in [0.15, 0.2) is 18.2 Å². The van der Waals surface area contributed by atoms with E-state index in [4.69, 9.17) is 21.1 Å². The quantitative estimate of drug-likeness (QED) is 0.855. The maximum Gasteiger partial charge on any atom is 0.321 e. The van der Waals surface area contributed by atoms with E-state index in [-0.39, 0.29) is 17.9 Å². The number of anilines is 1. The van der Waals surface area contributed by atoms with Crippen LogP contribution in [0.25, 0.3) is 0 Å². The zero-order valence-corrected chi connectivity index (χ0v) is 14.1. The van der Waals surface area contributed by atoms with Crippen LogP contribution in [0.5, 0.6) is 5.75 Å². The molecule has 0 atom stereocenters. The van der Waals surface area contributed by atoms with Crippen molar-refractivity contribution in [2.75, 3.05) is 32.1 Å². The fraction of sp³-hybridized carbons (Fsp3) is 0.500. The van der Waals surface area contributed by atoms with E-state index in [1.807, 2.05) is 0 Å². The van der Waals surface area contributed by atoms with Crippen molar-refractivity contribution in [1.82, 2.24) is 4.90 Å². The van der Waals surface area contributed by atoms with Crippen LogP contribution >= 0.6 is 11.6 Å². The first-order valence-electron chi connectivity index (χ1n) is 7.61. The van der Waals surface area contributed by atoms with E-state index >= 15 is 0 Å². The molecule has 0 bridgehead atoms. The van der Waals surface area contributed by atoms with Crippen LogP contribution in [-0.2, 0) is 9.53 Å². The normalized spacial score (nSPS) is 15.2. The van der Waals surface area contributed by atoms with Crippen molar-refractivity contribution in [3.63, 3.8) is 0 Å². The largest absolute Gasteiger partial charge is 0.497 e. The highest BCUT2D eigenvalue weighted by Gasteiger charge is 2.28. The number of ether oxygens (including phenoxy) is 2. The SMILES string of the molecule is CCOC(=O)C1CCN(C(=O)Nc2cc(OC)ccc2Cl)CC1. The lowest BCUT2D eigenvalue weighted by molar-refractivity contribution is -0.149. The van der Waals surface area contributed by atoms with E-state index in [2.05, 4.69) is 5.32 Å². The van der Waals surface area contributed by atoms with Gasteiger partial charge >= 0.3 is 12.0 Å². The van der Waals surface area contributed by atoms with Gasteiger partial charge < -0.3 is 19.7 Å². The molecule has 1 saturated heterocycles. The van der Waals surface area contributed by atoms with Crippen LogP contribution in [0.4, 0.5) is 10.5 Å². The summed E-state index contributed by atoms with van der Waals surface area (Å²) in [6.45, 7) is 3.19. The summed E-state index contributed by atoms with van der Waals surface area (Å²) in [6, 6.07) is 4.83. The first-order valence-corrected chi connectivity index (χ1v) is 7.99. The van der Waals surface area contributed by atoms with E-state index in [1.165, 1.54) is 0 Å². The molecule has 0 saturated carbocycles. The molecular weight excluding hydrogens is 320 g/mol. The number of nitrogens with zero attached hydrogens (tertiary/aromatic N) is 1. The molecule has 0 aliphatic carbocycles. The molecular formula is C16H21ClN2O4. The Hall–Kier alpha value is -1.95. The molecule has 7 heteroatoms. The topological polar surface area (TPSA) is 67.9 Å². The lowest BCUT2D eigenvalue weighted by Crippen LogP contribution is -2.42. The zero-order chi connectivity index (χ0) is 16.8. The molecule has 2 rings (SSSR count). The Balaban J connectivity index is 1.92. The Kier molecular flexibility index (Phi) is 6.10. The minimum absolute atomic E-state index is 0.126. The number of likely N-dealkylation sites (tertiary alicyclic amines) is 1. The second-order valence-electron chi connectivity index (χ2n) is 5.29. The highest BCUT2D eigenvalue weighted by Crippen LogP contribution is 2.27. The minimum Gasteiger partial charge on any atom is -0.497 e. The van der Waals surface area contributed by atoms with Gasteiger partial charge in [-0.25, -0.2) is 4.79 Å². The van der Waals surface area contributed by atoms with Gasteiger partial charge in [-0.1, -0.05) is 11.6 Å². The van der Waals surface area contributed by atoms with Crippen LogP contribution < -0.4 is 10.1 Å². The molecule has 126 valence electrons. The maximum absolute atomic E-state index is 12.3. The summed E-state index contributed by atoms with van der Waals surface area (Å²) in [5, 5.41) is 3.23. The number of benzene rings is 1. The van der Waals surface area contributed by atoms with Crippen LogP contribution in [0.1, 0.15) is 19.8 Å². The van der Waals surface area contributed by atoms with Crippen molar-refractivity contribution in [3.8, 4) is 5.75 Å². The van der Waals surface area contributed by atoms with Gasteiger partial charge in [-0.15, -0.1) is 0 Å². The highest BCUT2D eigenvalue weighted by molar-refractivity contribution is 6.33. The molecule has 0 radical (unpaired) electrons. The summed E-state index contributed by atoms with van der Waals surface area (Å²) in [4.78, 5) is 25.7. The number of nitrogens with one attached hydrogen (secondary N) is 1. The molecule has 1 N–H and O–H groups in total. The fourth-order valence-electron chi connectivity index (χ4n) is 2.50. The average molecular weight is 341 g/mol. The highest BCUT2D eigenvalue weighted by atomic mass is 35.5. The van der Waals surface area contributed by atoms with Crippen LogP contribution in [-0.4, -0.2) is 43.7 Å². The number of hydrogen-bond acceptors (Lipinski definition) is 4. The van der Waals surface area contributed by atoms with Gasteiger partial charge in [-0.05, 0) is 31.9 Å². The van der Waals surface area contributed by atoms with Gasteiger partial charge in [0.2, 0.25) is 0 Å². The van der Waals surface area contributed by atoms with Gasteiger partial charge in [0, 0.05) is 19.2 Å². The van der Waals surface area contributed by atoms with Crippen molar-refractivity contribution in [3.05, 3.63) is 23.2 Å². The predicted octanol–water partition coefficient (Wildman–Crippen LogP) is 3.16. The number of rotatable bonds is 4. The number of piperidine rings is 1. The molecule has 0 unspecified atom stereocenters. The van der Waals surface area contributed by atoms with Gasteiger partial charge in [0.15, 0.2) is 0 Å².